The van der Waals surface area contributed by atoms with E-state index in [1.165, 1.54) is 23.5 Å². The molecule has 2 aromatic carbocycles. The molecule has 1 N–H and O–H groups in total. The summed E-state index contributed by atoms with van der Waals surface area (Å²) in [5.41, 5.74) is 1.60. The van der Waals surface area contributed by atoms with E-state index in [-0.39, 0.29) is 18.1 Å². The van der Waals surface area contributed by atoms with Gasteiger partial charge in [-0.1, -0.05) is 39.4 Å². The summed E-state index contributed by atoms with van der Waals surface area (Å²) < 4.78 is 14.8. The summed E-state index contributed by atoms with van der Waals surface area (Å²) in [5.74, 6) is -0.448. The standard InChI is InChI=1S/C15H10BrFN2OS/c16-10-3-1-9(2-4-10)7-14(20)19-15-18-12-6-5-11(17)8-13(12)21-15/h1-6,8H,7H2,(H,18,19,20). The summed E-state index contributed by atoms with van der Waals surface area (Å²) in [6, 6.07) is 11.9. The topological polar surface area (TPSA) is 42.0 Å². The number of rotatable bonds is 3. The largest absolute Gasteiger partial charge is 0.302 e. The summed E-state index contributed by atoms with van der Waals surface area (Å²) in [6.45, 7) is 0. The highest BCUT2D eigenvalue weighted by Gasteiger charge is 2.09. The highest BCUT2D eigenvalue weighted by atomic mass is 79.9. The summed E-state index contributed by atoms with van der Waals surface area (Å²) in [6.07, 6.45) is 0.275. The number of hydrogen-bond donors (Lipinski definition) is 1. The minimum absolute atomic E-state index is 0.142. The number of hydrogen-bond acceptors (Lipinski definition) is 3. The number of halogens is 2. The maximum atomic E-state index is 13.1. The fourth-order valence-electron chi connectivity index (χ4n) is 1.90. The van der Waals surface area contributed by atoms with Gasteiger partial charge in [-0.2, -0.15) is 0 Å². The molecule has 0 bridgehead atoms. The molecule has 6 heteroatoms. The number of thiazole rings is 1. The molecule has 0 aliphatic carbocycles. The molecule has 3 rings (SSSR count). The van der Waals surface area contributed by atoms with Crippen molar-refractivity contribution in [3.05, 3.63) is 58.3 Å². The van der Waals surface area contributed by atoms with Gasteiger partial charge in [-0.05, 0) is 35.9 Å². The number of carbonyl (C=O) groups is 1. The molecule has 106 valence electrons. The Hall–Kier alpha value is -1.79. The average Bonchev–Trinajstić information content (AvgIpc) is 2.82. The van der Waals surface area contributed by atoms with Crippen LogP contribution < -0.4 is 5.32 Å². The van der Waals surface area contributed by atoms with Gasteiger partial charge in [0.25, 0.3) is 0 Å². The second-order valence-electron chi connectivity index (χ2n) is 4.48. The number of aromatic nitrogens is 1. The summed E-state index contributed by atoms with van der Waals surface area (Å²) in [5, 5.41) is 3.23. The predicted octanol–water partition coefficient (Wildman–Crippen LogP) is 4.38. The molecule has 3 nitrogen and oxygen atoms in total. The Morgan fingerprint density at radius 2 is 2.00 bits per heavy atom. The van der Waals surface area contributed by atoms with Crippen molar-refractivity contribution in [1.82, 2.24) is 4.98 Å². The van der Waals surface area contributed by atoms with Gasteiger partial charge in [-0.3, -0.25) is 4.79 Å². The monoisotopic (exact) mass is 364 g/mol. The second kappa shape index (κ2) is 5.91. The first-order valence-electron chi connectivity index (χ1n) is 6.20. The minimum atomic E-state index is -0.307. The highest BCUT2D eigenvalue weighted by molar-refractivity contribution is 9.10. The molecule has 21 heavy (non-hydrogen) atoms. The summed E-state index contributed by atoms with van der Waals surface area (Å²) >= 11 is 4.61. The second-order valence-corrected chi connectivity index (χ2v) is 6.43. The van der Waals surface area contributed by atoms with Crippen molar-refractivity contribution in [3.8, 4) is 0 Å². The Morgan fingerprint density at radius 1 is 1.24 bits per heavy atom. The molecular formula is C15H10BrFN2OS. The summed E-state index contributed by atoms with van der Waals surface area (Å²) in [4.78, 5) is 16.2. The van der Waals surface area contributed by atoms with E-state index in [0.29, 0.717) is 15.3 Å². The van der Waals surface area contributed by atoms with Crippen LogP contribution in [0, 0.1) is 5.82 Å². The van der Waals surface area contributed by atoms with Crippen molar-refractivity contribution in [2.45, 2.75) is 6.42 Å². The smallest absolute Gasteiger partial charge is 0.230 e. The van der Waals surface area contributed by atoms with Gasteiger partial charge in [-0.25, -0.2) is 9.37 Å². The van der Waals surface area contributed by atoms with E-state index in [1.54, 1.807) is 6.07 Å². The third-order valence-electron chi connectivity index (χ3n) is 2.87. The first-order valence-corrected chi connectivity index (χ1v) is 7.81. The first kappa shape index (κ1) is 14.2. The number of nitrogens with zero attached hydrogens (tertiary/aromatic N) is 1. The van der Waals surface area contributed by atoms with E-state index in [0.717, 1.165) is 10.0 Å². The minimum Gasteiger partial charge on any atom is -0.302 e. The Kier molecular flexibility index (Phi) is 3.98. The van der Waals surface area contributed by atoms with Gasteiger partial charge in [0, 0.05) is 4.47 Å². The van der Waals surface area contributed by atoms with Gasteiger partial charge in [0.2, 0.25) is 5.91 Å². The van der Waals surface area contributed by atoms with Crippen LogP contribution in [0.15, 0.2) is 46.9 Å². The Morgan fingerprint density at radius 3 is 2.76 bits per heavy atom. The van der Waals surface area contributed by atoms with Crippen LogP contribution in [-0.2, 0) is 11.2 Å². The molecule has 0 saturated heterocycles. The van der Waals surface area contributed by atoms with Gasteiger partial charge < -0.3 is 5.32 Å². The van der Waals surface area contributed by atoms with E-state index in [1.807, 2.05) is 24.3 Å². The van der Waals surface area contributed by atoms with Crippen molar-refractivity contribution >= 4 is 48.5 Å². The zero-order valence-electron chi connectivity index (χ0n) is 10.8. The van der Waals surface area contributed by atoms with Crippen LogP contribution in [-0.4, -0.2) is 10.9 Å². The molecule has 0 spiro atoms. The zero-order chi connectivity index (χ0) is 14.8. The van der Waals surface area contributed by atoms with E-state index in [2.05, 4.69) is 26.2 Å². The fourth-order valence-corrected chi connectivity index (χ4v) is 3.07. The van der Waals surface area contributed by atoms with E-state index in [9.17, 15) is 9.18 Å². The molecule has 1 amide bonds. The normalized spacial score (nSPS) is 10.8. The fraction of sp³-hybridized carbons (Fsp3) is 0.0667. The molecular weight excluding hydrogens is 355 g/mol. The van der Waals surface area contributed by atoms with Gasteiger partial charge in [0.1, 0.15) is 5.82 Å². The average molecular weight is 365 g/mol. The van der Waals surface area contributed by atoms with Crippen LogP contribution in [0.3, 0.4) is 0 Å². The molecule has 0 fully saturated rings. The van der Waals surface area contributed by atoms with Gasteiger partial charge in [0.15, 0.2) is 5.13 Å². The van der Waals surface area contributed by atoms with Gasteiger partial charge in [-0.15, -0.1) is 0 Å². The molecule has 0 aliphatic heterocycles. The molecule has 0 saturated carbocycles. The molecule has 0 unspecified atom stereocenters. The lowest BCUT2D eigenvalue weighted by Gasteiger charge is -2.02. The van der Waals surface area contributed by atoms with Crippen LogP contribution in [0.25, 0.3) is 10.2 Å². The molecule has 0 atom stereocenters. The number of nitrogens with one attached hydrogen (secondary N) is 1. The van der Waals surface area contributed by atoms with E-state index >= 15 is 0 Å². The Balaban J connectivity index is 1.72. The maximum absolute atomic E-state index is 13.1. The van der Waals surface area contributed by atoms with Crippen molar-refractivity contribution in [2.75, 3.05) is 5.32 Å². The van der Waals surface area contributed by atoms with Crippen LogP contribution in [0.4, 0.5) is 9.52 Å². The molecule has 0 radical (unpaired) electrons. The maximum Gasteiger partial charge on any atom is 0.230 e. The van der Waals surface area contributed by atoms with Crippen LogP contribution in [0.5, 0.6) is 0 Å². The summed E-state index contributed by atoms with van der Waals surface area (Å²) in [7, 11) is 0. The van der Waals surface area contributed by atoms with Gasteiger partial charge in [0.05, 0.1) is 16.6 Å². The molecule has 1 heterocycles. The molecule has 1 aromatic heterocycles. The quantitative estimate of drug-likeness (QED) is 0.749. The van der Waals surface area contributed by atoms with E-state index in [4.69, 9.17) is 0 Å². The van der Waals surface area contributed by atoms with Crippen molar-refractivity contribution < 1.29 is 9.18 Å². The lowest BCUT2D eigenvalue weighted by molar-refractivity contribution is -0.115. The SMILES string of the molecule is O=C(Cc1ccc(Br)cc1)Nc1nc2ccc(F)cc2s1. The lowest BCUT2D eigenvalue weighted by Crippen LogP contribution is -2.14. The van der Waals surface area contributed by atoms with Crippen LogP contribution in [0.2, 0.25) is 0 Å². The number of fused-ring (bicyclic) bond motifs is 1. The molecule has 0 aliphatic rings. The third kappa shape index (κ3) is 3.46. The van der Waals surface area contributed by atoms with Gasteiger partial charge >= 0.3 is 0 Å². The predicted molar refractivity (Wildman–Crippen MR) is 86.1 cm³/mol. The Labute approximate surface area is 133 Å². The van der Waals surface area contributed by atoms with Crippen LogP contribution >= 0.6 is 27.3 Å². The number of amides is 1. The van der Waals surface area contributed by atoms with Crippen molar-refractivity contribution in [1.29, 1.82) is 0 Å². The first-order chi connectivity index (χ1) is 10.1. The zero-order valence-corrected chi connectivity index (χ0v) is 13.2. The van der Waals surface area contributed by atoms with Crippen molar-refractivity contribution in [3.63, 3.8) is 0 Å². The number of anilines is 1. The van der Waals surface area contributed by atoms with Crippen LogP contribution in [0.1, 0.15) is 5.56 Å². The number of carbonyl (C=O) groups excluding carboxylic acids is 1. The Bertz CT molecular complexity index is 801. The molecule has 3 aromatic rings. The third-order valence-corrected chi connectivity index (χ3v) is 4.34. The number of benzene rings is 2. The highest BCUT2D eigenvalue weighted by Crippen LogP contribution is 2.26. The van der Waals surface area contributed by atoms with Crippen molar-refractivity contribution in [2.24, 2.45) is 0 Å². The lowest BCUT2D eigenvalue weighted by atomic mass is 10.1. The van der Waals surface area contributed by atoms with E-state index < -0.39 is 0 Å².